The van der Waals surface area contributed by atoms with Crippen molar-refractivity contribution in [1.82, 2.24) is 10.6 Å². The van der Waals surface area contributed by atoms with Gasteiger partial charge >= 0.3 is 5.97 Å². The van der Waals surface area contributed by atoms with Gasteiger partial charge in [-0.05, 0) is 71.8 Å². The highest BCUT2D eigenvalue weighted by atomic mass is 35.5. The summed E-state index contributed by atoms with van der Waals surface area (Å²) in [5.41, 5.74) is 0.302. The minimum Gasteiger partial charge on any atom is -0.490 e. The Kier molecular flexibility index (Phi) is 17.2. The molecule has 0 saturated heterocycles. The van der Waals surface area contributed by atoms with Crippen molar-refractivity contribution in [3.8, 4) is 11.8 Å². The summed E-state index contributed by atoms with van der Waals surface area (Å²) in [5.74, 6) is 4.11. The first-order chi connectivity index (χ1) is 26.4. The normalized spacial score (nSPS) is 17.3. The molecular weight excluding hydrogens is 740 g/mol. The van der Waals surface area contributed by atoms with E-state index in [1.807, 2.05) is 71.9 Å². The van der Waals surface area contributed by atoms with Crippen molar-refractivity contribution in [1.29, 1.82) is 0 Å². The van der Waals surface area contributed by atoms with Crippen molar-refractivity contribution < 1.29 is 28.3 Å². The van der Waals surface area contributed by atoms with Gasteiger partial charge in [-0.25, -0.2) is 4.79 Å². The molecule has 4 atom stereocenters. The van der Waals surface area contributed by atoms with E-state index in [1.165, 1.54) is 17.5 Å². The molecule has 0 saturated carbocycles. The quantitative estimate of drug-likeness (QED) is 0.0820. The van der Waals surface area contributed by atoms with E-state index in [1.54, 1.807) is 24.4 Å². The van der Waals surface area contributed by atoms with Gasteiger partial charge in [0.25, 0.3) is 14.2 Å². The zero-order valence-electron chi connectivity index (χ0n) is 34.6. The fraction of sp³-hybridized carbons (Fsp3) is 0.413. The van der Waals surface area contributed by atoms with Gasteiger partial charge in [0.05, 0.1) is 13.2 Å². The SMILES string of the molecule is COC1=CC[C@@H]([C@@H](C)C=C(C)C=CC#CC(=O)NC(C(=O)NC=CC[C@H](CC=C(C)Cl)O[Si](c2ccccc2)(c2ccccc2)C(C)(C)C)C(C)(C)C)OC1=O. The molecule has 2 aromatic rings. The van der Waals surface area contributed by atoms with Crippen LogP contribution in [0.4, 0.5) is 0 Å². The third-order valence-electron chi connectivity index (χ3n) is 9.51. The maximum Gasteiger partial charge on any atom is 0.373 e. The Balaban J connectivity index is 1.71. The van der Waals surface area contributed by atoms with Gasteiger partial charge in [-0.15, -0.1) is 0 Å². The Bertz CT molecular complexity index is 1820. The molecule has 2 aromatic carbocycles. The lowest BCUT2D eigenvalue weighted by atomic mass is 9.86. The standard InChI is InChI=1S/C46H59ClN2O6Si/c1-33(32-34(2)39-29-30-40(53-10)44(52)54-39)20-17-18-26-41(50)49-42(45(4,5)6)43(51)48-31-19-21-36(28-27-35(3)47)55-56(46(7,8)9,37-22-13-11-14-23-37)38-24-15-12-16-25-38/h11-17,19-20,22-25,27,30-32,34,36,39,42H,21,28-29H2,1-10H3,(H,48,51)(H,49,50)/t34-,36+,39-,42?/m0/s1. The first-order valence-electron chi connectivity index (χ1n) is 19.1. The van der Waals surface area contributed by atoms with Crippen LogP contribution in [-0.2, 0) is 28.3 Å². The molecule has 2 amide bonds. The predicted molar refractivity (Wildman–Crippen MR) is 229 cm³/mol. The van der Waals surface area contributed by atoms with Gasteiger partial charge in [0.15, 0.2) is 5.76 Å². The number of benzene rings is 2. The third-order valence-corrected chi connectivity index (χ3v) is 14.8. The van der Waals surface area contributed by atoms with E-state index in [-0.39, 0.29) is 34.8 Å². The largest absolute Gasteiger partial charge is 0.490 e. The second-order valence-electron chi connectivity index (χ2n) is 16.2. The maximum atomic E-state index is 13.5. The molecule has 2 N–H and O–H groups in total. The molecule has 56 heavy (non-hydrogen) atoms. The minimum atomic E-state index is -2.85. The summed E-state index contributed by atoms with van der Waals surface area (Å²) in [4.78, 5) is 38.4. The molecule has 1 unspecified atom stereocenters. The van der Waals surface area contributed by atoms with Crippen LogP contribution in [0.1, 0.15) is 81.6 Å². The number of carbonyl (C=O) groups excluding carboxylic acids is 3. The lowest BCUT2D eigenvalue weighted by Crippen LogP contribution is -2.67. The van der Waals surface area contributed by atoms with Crippen LogP contribution in [0, 0.1) is 23.2 Å². The molecule has 8 nitrogen and oxygen atoms in total. The Morgan fingerprint density at radius 1 is 1.00 bits per heavy atom. The van der Waals surface area contributed by atoms with Crippen LogP contribution < -0.4 is 21.0 Å². The van der Waals surface area contributed by atoms with Gasteiger partial charge in [-0.2, -0.15) is 0 Å². The summed E-state index contributed by atoms with van der Waals surface area (Å²) < 4.78 is 17.9. The number of esters is 1. The second-order valence-corrected chi connectivity index (χ2v) is 21.0. The van der Waals surface area contributed by atoms with Crippen molar-refractivity contribution in [3.05, 3.63) is 120 Å². The number of nitrogens with one attached hydrogen (secondary N) is 2. The van der Waals surface area contributed by atoms with Gasteiger partial charge < -0.3 is 24.5 Å². The molecule has 1 aliphatic heterocycles. The highest BCUT2D eigenvalue weighted by molar-refractivity contribution is 6.99. The first-order valence-corrected chi connectivity index (χ1v) is 21.4. The Hall–Kier alpha value is -4.62. The Morgan fingerprint density at radius 2 is 1.61 bits per heavy atom. The van der Waals surface area contributed by atoms with Crippen molar-refractivity contribution in [2.45, 2.75) is 105 Å². The van der Waals surface area contributed by atoms with E-state index in [9.17, 15) is 14.4 Å². The van der Waals surface area contributed by atoms with Crippen LogP contribution >= 0.6 is 11.6 Å². The van der Waals surface area contributed by atoms with E-state index in [4.69, 9.17) is 25.5 Å². The Labute approximate surface area is 340 Å². The van der Waals surface area contributed by atoms with Gasteiger partial charge in [-0.3, -0.25) is 9.59 Å². The fourth-order valence-corrected chi connectivity index (χ4v) is 11.4. The number of ether oxygens (including phenoxy) is 2. The molecule has 0 bridgehead atoms. The molecule has 0 aliphatic carbocycles. The van der Waals surface area contributed by atoms with Crippen LogP contribution in [0.2, 0.25) is 5.04 Å². The monoisotopic (exact) mass is 798 g/mol. The van der Waals surface area contributed by atoms with E-state index < -0.39 is 31.7 Å². The molecular formula is C46H59ClN2O6Si. The first kappa shape index (κ1) is 45.8. The number of methoxy groups -OCH3 is 1. The third kappa shape index (κ3) is 13.3. The number of amides is 2. The summed E-state index contributed by atoms with van der Waals surface area (Å²) in [6.45, 7) is 18.1. The zero-order chi connectivity index (χ0) is 41.5. The second kappa shape index (κ2) is 21.1. The van der Waals surface area contributed by atoms with Gasteiger partial charge in [0.2, 0.25) is 5.91 Å². The highest BCUT2D eigenvalue weighted by Crippen LogP contribution is 2.38. The number of allylic oxidation sites excluding steroid dienone is 4. The van der Waals surface area contributed by atoms with Crippen LogP contribution in [0.25, 0.3) is 0 Å². The van der Waals surface area contributed by atoms with Crippen molar-refractivity contribution >= 4 is 48.1 Å². The number of rotatable bonds is 15. The number of cyclic esters (lactones) is 1. The van der Waals surface area contributed by atoms with Crippen LogP contribution in [-0.4, -0.2) is 51.5 Å². The molecule has 0 radical (unpaired) electrons. The summed E-state index contributed by atoms with van der Waals surface area (Å²) in [6, 6.07) is 20.1. The number of hydrogen-bond acceptors (Lipinski definition) is 6. The van der Waals surface area contributed by atoms with E-state index in [0.29, 0.717) is 24.3 Å². The van der Waals surface area contributed by atoms with Crippen molar-refractivity contribution in [2.24, 2.45) is 11.3 Å². The van der Waals surface area contributed by atoms with E-state index in [2.05, 4.69) is 91.8 Å². The van der Waals surface area contributed by atoms with Gasteiger partial charge in [0.1, 0.15) is 12.1 Å². The molecule has 300 valence electrons. The van der Waals surface area contributed by atoms with E-state index in [0.717, 1.165) is 5.57 Å². The Morgan fingerprint density at radius 3 is 2.12 bits per heavy atom. The van der Waals surface area contributed by atoms with Gasteiger partial charge in [0, 0.05) is 17.4 Å². The average Bonchev–Trinajstić information content (AvgIpc) is 3.14. The lowest BCUT2D eigenvalue weighted by Gasteiger charge is -2.45. The smallest absolute Gasteiger partial charge is 0.373 e. The molecule has 0 aromatic heterocycles. The van der Waals surface area contributed by atoms with Crippen LogP contribution in [0.5, 0.6) is 0 Å². The number of hydrogen-bond donors (Lipinski definition) is 2. The molecule has 1 aliphatic rings. The topological polar surface area (TPSA) is 103 Å². The van der Waals surface area contributed by atoms with Crippen molar-refractivity contribution in [2.75, 3.05) is 7.11 Å². The maximum absolute atomic E-state index is 13.5. The highest BCUT2D eigenvalue weighted by Gasteiger charge is 2.51. The molecule has 10 heteroatoms. The lowest BCUT2D eigenvalue weighted by molar-refractivity contribution is -0.151. The van der Waals surface area contributed by atoms with Gasteiger partial charge in [-0.1, -0.05) is 157 Å². The number of halogens is 1. The zero-order valence-corrected chi connectivity index (χ0v) is 36.3. The summed E-state index contributed by atoms with van der Waals surface area (Å²) in [6.07, 6.45) is 13.7. The molecule has 3 rings (SSSR count). The summed E-state index contributed by atoms with van der Waals surface area (Å²) in [7, 11) is -1.41. The summed E-state index contributed by atoms with van der Waals surface area (Å²) in [5, 5.41) is 8.50. The van der Waals surface area contributed by atoms with Crippen molar-refractivity contribution in [3.63, 3.8) is 0 Å². The predicted octanol–water partition coefficient (Wildman–Crippen LogP) is 8.00. The minimum absolute atomic E-state index is 0.0396. The van der Waals surface area contributed by atoms with Crippen LogP contribution in [0.3, 0.4) is 0 Å². The fourth-order valence-electron chi connectivity index (χ4n) is 6.61. The van der Waals surface area contributed by atoms with Crippen LogP contribution in [0.15, 0.2) is 120 Å². The van der Waals surface area contributed by atoms with E-state index >= 15 is 0 Å². The molecule has 0 spiro atoms. The molecule has 1 heterocycles. The summed E-state index contributed by atoms with van der Waals surface area (Å²) >= 11 is 6.32. The molecule has 0 fully saturated rings. The average molecular weight is 800 g/mol. The number of carbonyl (C=O) groups is 3.